The fraction of sp³-hybridized carbons (Fsp3) is 0.474. The number of hydrogen-bond donors (Lipinski definition) is 2. The lowest BCUT2D eigenvalue weighted by Gasteiger charge is -2.46. The number of amides is 1. The van der Waals surface area contributed by atoms with Crippen molar-refractivity contribution in [2.75, 3.05) is 67.7 Å². The SMILES string of the molecule is C[C@H]1CN(C2COC2)CCN1c1ccc(Nc2cc(-c3ccnc(N4CCn5c(cc6c5CCCC6)C4=O)c3C3(O)COC3)cn(C)c2=O)nc1. The summed E-state index contributed by atoms with van der Waals surface area (Å²) in [7, 11) is 1.71. The van der Waals surface area contributed by atoms with Crippen LogP contribution in [0.5, 0.6) is 0 Å². The topological polar surface area (TPSA) is 130 Å². The van der Waals surface area contributed by atoms with Crippen LogP contribution in [0.3, 0.4) is 0 Å². The molecule has 4 aliphatic heterocycles. The predicted molar refractivity (Wildman–Crippen MR) is 193 cm³/mol. The van der Waals surface area contributed by atoms with Crippen LogP contribution in [0.15, 0.2) is 53.7 Å². The highest BCUT2D eigenvalue weighted by Gasteiger charge is 2.45. The van der Waals surface area contributed by atoms with Crippen LogP contribution in [-0.2, 0) is 41.5 Å². The first kappa shape index (κ1) is 32.4. The summed E-state index contributed by atoms with van der Waals surface area (Å²) in [6.45, 7) is 8.05. The van der Waals surface area contributed by atoms with Crippen molar-refractivity contribution in [3.63, 3.8) is 0 Å². The maximum Gasteiger partial charge on any atom is 0.276 e. The molecule has 3 saturated heterocycles. The molecule has 51 heavy (non-hydrogen) atoms. The molecule has 0 saturated carbocycles. The highest BCUT2D eigenvalue weighted by molar-refractivity contribution is 6.06. The van der Waals surface area contributed by atoms with E-state index in [-0.39, 0.29) is 24.7 Å². The summed E-state index contributed by atoms with van der Waals surface area (Å²) in [5.41, 5.74) is 4.96. The van der Waals surface area contributed by atoms with Crippen molar-refractivity contribution in [1.82, 2.24) is 24.0 Å². The van der Waals surface area contributed by atoms with Gasteiger partial charge in [0.05, 0.1) is 44.4 Å². The number of piperazine rings is 1. The minimum Gasteiger partial charge on any atom is -0.380 e. The molecule has 13 nitrogen and oxygen atoms in total. The van der Waals surface area contributed by atoms with Crippen molar-refractivity contribution in [3.05, 3.63) is 81.8 Å². The Morgan fingerprint density at radius 2 is 1.82 bits per heavy atom. The Bertz CT molecular complexity index is 2050. The molecular formula is C38H44N8O5. The lowest BCUT2D eigenvalue weighted by atomic mass is 9.86. The number of carbonyl (C=O) groups excluding carboxylic acids is 1. The highest BCUT2D eigenvalue weighted by atomic mass is 16.5. The van der Waals surface area contributed by atoms with Gasteiger partial charge in [-0.25, -0.2) is 9.97 Å². The molecule has 4 aromatic rings. The van der Waals surface area contributed by atoms with Gasteiger partial charge < -0.3 is 33.9 Å². The number of rotatable bonds is 7. The van der Waals surface area contributed by atoms with Gasteiger partial charge in [0.1, 0.15) is 28.6 Å². The van der Waals surface area contributed by atoms with Gasteiger partial charge in [0.2, 0.25) is 0 Å². The Morgan fingerprint density at radius 1 is 0.980 bits per heavy atom. The Hall–Kier alpha value is -4.56. The highest BCUT2D eigenvalue weighted by Crippen LogP contribution is 2.43. The van der Waals surface area contributed by atoms with E-state index in [0.29, 0.717) is 64.9 Å². The van der Waals surface area contributed by atoms with Gasteiger partial charge in [0, 0.05) is 75.0 Å². The molecule has 0 bridgehead atoms. The largest absolute Gasteiger partial charge is 0.380 e. The van der Waals surface area contributed by atoms with Crippen molar-refractivity contribution < 1.29 is 19.4 Å². The van der Waals surface area contributed by atoms with Gasteiger partial charge in [-0.1, -0.05) is 0 Å². The Kier molecular flexibility index (Phi) is 7.98. The lowest BCUT2D eigenvalue weighted by Crippen LogP contribution is -2.59. The van der Waals surface area contributed by atoms with E-state index >= 15 is 0 Å². The number of nitrogens with one attached hydrogen (secondary N) is 1. The van der Waals surface area contributed by atoms with E-state index in [2.05, 4.69) is 26.6 Å². The molecule has 266 valence electrons. The molecule has 8 heterocycles. The van der Waals surface area contributed by atoms with Crippen LogP contribution in [0.4, 0.5) is 23.0 Å². The zero-order valence-electron chi connectivity index (χ0n) is 29.2. The van der Waals surface area contributed by atoms with E-state index in [0.717, 1.165) is 64.2 Å². The number of aromatic nitrogens is 4. The molecule has 9 rings (SSSR count). The second-order valence-electron chi connectivity index (χ2n) is 14.7. The number of ether oxygens (including phenoxy) is 2. The Labute approximate surface area is 296 Å². The molecule has 5 aliphatic rings. The van der Waals surface area contributed by atoms with Crippen LogP contribution in [0.25, 0.3) is 11.1 Å². The maximum atomic E-state index is 14.1. The van der Waals surface area contributed by atoms with Gasteiger partial charge in [0.25, 0.3) is 11.5 Å². The first-order chi connectivity index (χ1) is 24.8. The standard InChI is InChI=1S/C38H44N8O5/c1-24-18-43(28-20-50-21-28)11-12-44(24)27-7-8-33(40-17-27)41-30-15-26(19-42(2)36(30)47)29-9-10-39-35(34(29)38(49)22-51-23-38)46-14-13-45-31-6-4-3-5-25(31)16-32(45)37(46)48/h7-10,15-17,19,24,28,49H,3-6,11-14,18,20-23H2,1-2H3,(H,40,41)/t24-/m0/s1. The normalized spacial score (nSPS) is 21.9. The average Bonchev–Trinajstić information content (AvgIpc) is 3.49. The average molecular weight is 693 g/mol. The van der Waals surface area contributed by atoms with Crippen molar-refractivity contribution in [2.24, 2.45) is 7.05 Å². The molecule has 1 aliphatic carbocycles. The van der Waals surface area contributed by atoms with Crippen LogP contribution in [-0.4, -0.2) is 99.7 Å². The van der Waals surface area contributed by atoms with Crippen molar-refractivity contribution >= 4 is 28.9 Å². The van der Waals surface area contributed by atoms with Crippen LogP contribution in [0.1, 0.15) is 47.1 Å². The van der Waals surface area contributed by atoms with E-state index in [1.54, 1.807) is 30.4 Å². The van der Waals surface area contributed by atoms with E-state index < -0.39 is 5.60 Å². The molecule has 4 aromatic heterocycles. The van der Waals surface area contributed by atoms with Gasteiger partial charge in [-0.2, -0.15) is 0 Å². The number of fused-ring (bicyclic) bond motifs is 3. The van der Waals surface area contributed by atoms with Crippen LogP contribution < -0.4 is 20.7 Å². The molecule has 1 atom stereocenters. The molecule has 0 aromatic carbocycles. The summed E-state index contributed by atoms with van der Waals surface area (Å²) in [6, 6.07) is 10.5. The maximum absolute atomic E-state index is 14.1. The van der Waals surface area contributed by atoms with E-state index in [1.165, 1.54) is 15.8 Å². The number of carbonyl (C=O) groups is 1. The predicted octanol–water partition coefficient (Wildman–Crippen LogP) is 3.05. The van der Waals surface area contributed by atoms with Gasteiger partial charge >= 0.3 is 0 Å². The fourth-order valence-corrected chi connectivity index (χ4v) is 8.49. The quantitative estimate of drug-likeness (QED) is 0.298. The first-order valence-electron chi connectivity index (χ1n) is 18.1. The molecule has 13 heteroatoms. The van der Waals surface area contributed by atoms with Crippen LogP contribution >= 0.6 is 0 Å². The minimum absolute atomic E-state index is 0.0845. The molecule has 3 fully saturated rings. The van der Waals surface area contributed by atoms with Crippen molar-refractivity contribution in [3.8, 4) is 11.1 Å². The summed E-state index contributed by atoms with van der Waals surface area (Å²) < 4.78 is 14.6. The molecule has 0 spiro atoms. The van der Waals surface area contributed by atoms with Gasteiger partial charge in [-0.15, -0.1) is 0 Å². The summed E-state index contributed by atoms with van der Waals surface area (Å²) in [4.78, 5) is 43.6. The zero-order valence-corrected chi connectivity index (χ0v) is 29.2. The Balaban J connectivity index is 1.01. The van der Waals surface area contributed by atoms with Crippen LogP contribution in [0.2, 0.25) is 0 Å². The number of aliphatic hydroxyl groups is 1. The molecular weight excluding hydrogens is 648 g/mol. The van der Waals surface area contributed by atoms with Crippen molar-refractivity contribution in [1.29, 1.82) is 0 Å². The second-order valence-corrected chi connectivity index (χ2v) is 14.7. The fourth-order valence-electron chi connectivity index (χ4n) is 8.49. The lowest BCUT2D eigenvalue weighted by molar-refractivity contribution is -0.184. The van der Waals surface area contributed by atoms with E-state index in [4.69, 9.17) is 19.4 Å². The number of aryl methyl sites for hydroxylation is 2. The number of pyridine rings is 3. The third-order valence-electron chi connectivity index (χ3n) is 11.4. The van der Waals surface area contributed by atoms with E-state index in [1.807, 2.05) is 30.5 Å². The molecule has 1 amide bonds. The molecule has 0 unspecified atom stereocenters. The monoisotopic (exact) mass is 692 g/mol. The smallest absolute Gasteiger partial charge is 0.276 e. The van der Waals surface area contributed by atoms with Crippen LogP contribution in [0, 0.1) is 0 Å². The summed E-state index contributed by atoms with van der Waals surface area (Å²) in [6.07, 6.45) is 9.55. The van der Waals surface area contributed by atoms with Gasteiger partial charge in [-0.05, 0) is 74.1 Å². The van der Waals surface area contributed by atoms with Crippen molar-refractivity contribution in [2.45, 2.75) is 56.8 Å². The third kappa shape index (κ3) is 5.54. The number of hydrogen-bond acceptors (Lipinski definition) is 10. The summed E-state index contributed by atoms with van der Waals surface area (Å²) >= 11 is 0. The third-order valence-corrected chi connectivity index (χ3v) is 11.4. The van der Waals surface area contributed by atoms with Gasteiger partial charge in [0.15, 0.2) is 0 Å². The second kappa shape index (κ2) is 12.6. The number of nitrogens with zero attached hydrogens (tertiary/aromatic N) is 7. The Morgan fingerprint density at radius 3 is 2.55 bits per heavy atom. The molecule has 0 radical (unpaired) electrons. The summed E-state index contributed by atoms with van der Waals surface area (Å²) in [5.74, 6) is 0.856. The first-order valence-corrected chi connectivity index (χ1v) is 18.1. The number of anilines is 4. The zero-order chi connectivity index (χ0) is 34.9. The summed E-state index contributed by atoms with van der Waals surface area (Å²) in [5, 5.41) is 15.1. The molecule has 2 N–H and O–H groups in total. The van der Waals surface area contributed by atoms with Gasteiger partial charge in [-0.3, -0.25) is 19.4 Å². The minimum atomic E-state index is -1.34. The van der Waals surface area contributed by atoms with E-state index in [9.17, 15) is 14.7 Å².